The highest BCUT2D eigenvalue weighted by Crippen LogP contribution is 2.32. The number of hydrogen-bond acceptors (Lipinski definition) is 3. The van der Waals surface area contributed by atoms with Crippen LogP contribution >= 0.6 is 0 Å². The van der Waals surface area contributed by atoms with Gasteiger partial charge in [0, 0.05) is 19.0 Å². The second kappa shape index (κ2) is 7.56. The van der Waals surface area contributed by atoms with Crippen molar-refractivity contribution < 1.29 is 9.53 Å². The Morgan fingerprint density at radius 2 is 2.04 bits per heavy atom. The average Bonchev–Trinajstić information content (AvgIpc) is 2.50. The number of amides is 1. The predicted molar refractivity (Wildman–Crippen MR) is 98.2 cm³/mol. The largest absolute Gasteiger partial charge is 0.444 e. The summed E-state index contributed by atoms with van der Waals surface area (Å²) in [4.78, 5) is 14.2. The Morgan fingerprint density at radius 1 is 1.33 bits per heavy atom. The van der Waals surface area contributed by atoms with Crippen molar-refractivity contribution in [3.63, 3.8) is 0 Å². The fourth-order valence-corrected chi connectivity index (χ4v) is 3.43. The number of likely N-dealkylation sites (tertiary alicyclic amines) is 1. The molecule has 1 fully saturated rings. The number of aryl methyl sites for hydroxylation is 2. The van der Waals surface area contributed by atoms with E-state index in [1.54, 1.807) is 0 Å². The Labute approximate surface area is 146 Å². The summed E-state index contributed by atoms with van der Waals surface area (Å²) in [5.74, 6) is 0.674. The minimum absolute atomic E-state index is 0.206. The van der Waals surface area contributed by atoms with Crippen molar-refractivity contribution in [2.45, 2.75) is 59.0 Å². The van der Waals surface area contributed by atoms with Gasteiger partial charge in [0.05, 0.1) is 0 Å². The van der Waals surface area contributed by atoms with Crippen LogP contribution in [0.1, 0.15) is 56.2 Å². The number of rotatable bonds is 3. The molecule has 0 aliphatic carbocycles. The van der Waals surface area contributed by atoms with Crippen LogP contribution in [0.3, 0.4) is 0 Å². The fraction of sp³-hybridized carbons (Fsp3) is 0.650. The van der Waals surface area contributed by atoms with Gasteiger partial charge in [0.25, 0.3) is 0 Å². The van der Waals surface area contributed by atoms with Crippen LogP contribution in [0.4, 0.5) is 4.79 Å². The Kier molecular flexibility index (Phi) is 5.92. The summed E-state index contributed by atoms with van der Waals surface area (Å²) in [5.41, 5.74) is 9.54. The predicted octanol–water partition coefficient (Wildman–Crippen LogP) is 3.99. The van der Waals surface area contributed by atoms with Crippen LogP contribution in [0, 0.1) is 19.8 Å². The third-order valence-electron chi connectivity index (χ3n) is 4.89. The molecule has 1 amide bonds. The molecule has 0 spiro atoms. The second-order valence-corrected chi connectivity index (χ2v) is 8.01. The van der Waals surface area contributed by atoms with Gasteiger partial charge < -0.3 is 15.4 Å². The molecule has 134 valence electrons. The van der Waals surface area contributed by atoms with Crippen molar-refractivity contribution in [3.05, 3.63) is 34.9 Å². The minimum atomic E-state index is -0.453. The summed E-state index contributed by atoms with van der Waals surface area (Å²) in [6, 6.07) is 6.60. The topological polar surface area (TPSA) is 55.6 Å². The van der Waals surface area contributed by atoms with Crippen molar-refractivity contribution in [2.24, 2.45) is 11.7 Å². The van der Waals surface area contributed by atoms with E-state index >= 15 is 0 Å². The number of carbonyl (C=O) groups is 1. The monoisotopic (exact) mass is 332 g/mol. The van der Waals surface area contributed by atoms with Crippen LogP contribution in [0.5, 0.6) is 0 Å². The molecule has 0 aromatic heterocycles. The number of ether oxygens (including phenoxy) is 1. The quantitative estimate of drug-likeness (QED) is 0.910. The molecule has 2 unspecified atom stereocenters. The summed E-state index contributed by atoms with van der Waals surface area (Å²) >= 11 is 0. The van der Waals surface area contributed by atoms with E-state index in [1.165, 1.54) is 16.7 Å². The Hall–Kier alpha value is -1.55. The molecular weight excluding hydrogens is 300 g/mol. The molecule has 1 aliphatic rings. The molecule has 1 aromatic rings. The Morgan fingerprint density at radius 3 is 2.62 bits per heavy atom. The zero-order valence-electron chi connectivity index (χ0n) is 15.8. The number of benzene rings is 1. The van der Waals surface area contributed by atoms with E-state index in [-0.39, 0.29) is 12.0 Å². The molecule has 0 saturated carbocycles. The highest BCUT2D eigenvalue weighted by atomic mass is 16.6. The first-order valence-corrected chi connectivity index (χ1v) is 8.96. The Balaban J connectivity index is 2.11. The lowest BCUT2D eigenvalue weighted by Gasteiger charge is -2.37. The first-order valence-electron chi connectivity index (χ1n) is 8.96. The first-order chi connectivity index (χ1) is 11.2. The van der Waals surface area contributed by atoms with Crippen molar-refractivity contribution in [2.75, 3.05) is 19.6 Å². The molecule has 1 aliphatic heterocycles. The van der Waals surface area contributed by atoms with Crippen molar-refractivity contribution >= 4 is 6.09 Å². The summed E-state index contributed by atoms with van der Waals surface area (Å²) in [6.45, 7) is 12.1. The van der Waals surface area contributed by atoms with Gasteiger partial charge in [-0.3, -0.25) is 0 Å². The van der Waals surface area contributed by atoms with Crippen LogP contribution in [0.2, 0.25) is 0 Å². The average molecular weight is 332 g/mol. The van der Waals surface area contributed by atoms with Gasteiger partial charge in [-0.1, -0.05) is 18.2 Å². The van der Waals surface area contributed by atoms with Gasteiger partial charge in [0.15, 0.2) is 0 Å². The number of nitrogens with two attached hydrogens (primary N) is 1. The van der Waals surface area contributed by atoms with Crippen LogP contribution in [0.25, 0.3) is 0 Å². The summed E-state index contributed by atoms with van der Waals surface area (Å²) in [5, 5.41) is 0. The molecular formula is C20H32N2O2. The summed E-state index contributed by atoms with van der Waals surface area (Å²) < 4.78 is 5.54. The number of nitrogens with zero attached hydrogens (tertiary/aromatic N) is 1. The molecule has 4 heteroatoms. The van der Waals surface area contributed by atoms with Gasteiger partial charge >= 0.3 is 6.09 Å². The number of piperidine rings is 1. The van der Waals surface area contributed by atoms with Crippen molar-refractivity contribution in [3.8, 4) is 0 Å². The van der Waals surface area contributed by atoms with Crippen LogP contribution in [0.15, 0.2) is 18.2 Å². The molecule has 1 aromatic carbocycles. The molecule has 0 radical (unpaired) electrons. The maximum atomic E-state index is 12.4. The molecule has 0 bridgehead atoms. The SMILES string of the molecule is Cc1ccc(C(CN)C2CCCN(C(=O)OC(C)(C)C)C2)cc1C. The number of carbonyl (C=O) groups excluding carboxylic acids is 1. The molecule has 1 heterocycles. The highest BCUT2D eigenvalue weighted by molar-refractivity contribution is 5.68. The second-order valence-electron chi connectivity index (χ2n) is 8.01. The van der Waals surface area contributed by atoms with Crippen LogP contribution in [-0.4, -0.2) is 36.2 Å². The molecule has 24 heavy (non-hydrogen) atoms. The summed E-state index contributed by atoms with van der Waals surface area (Å²) in [7, 11) is 0. The molecule has 4 nitrogen and oxygen atoms in total. The minimum Gasteiger partial charge on any atom is -0.444 e. The van der Waals surface area contributed by atoms with E-state index in [9.17, 15) is 4.79 Å². The maximum absolute atomic E-state index is 12.4. The van der Waals surface area contributed by atoms with E-state index in [2.05, 4.69) is 32.0 Å². The lowest BCUT2D eigenvalue weighted by molar-refractivity contribution is 0.0152. The van der Waals surface area contributed by atoms with E-state index < -0.39 is 5.60 Å². The van der Waals surface area contributed by atoms with Crippen molar-refractivity contribution in [1.82, 2.24) is 4.90 Å². The lowest BCUT2D eigenvalue weighted by atomic mass is 9.80. The van der Waals surface area contributed by atoms with Gasteiger partial charge in [-0.15, -0.1) is 0 Å². The standard InChI is InChI=1S/C20H32N2O2/c1-14-8-9-16(11-15(14)2)18(12-21)17-7-6-10-22(13-17)19(23)24-20(3,4)5/h8-9,11,17-18H,6-7,10,12-13,21H2,1-5H3. The summed E-state index contributed by atoms with van der Waals surface area (Å²) in [6.07, 6.45) is 1.90. The normalized spacial score (nSPS) is 19.9. The fourth-order valence-electron chi connectivity index (χ4n) is 3.43. The maximum Gasteiger partial charge on any atom is 0.410 e. The van der Waals surface area contributed by atoms with E-state index in [0.29, 0.717) is 12.5 Å². The van der Waals surface area contributed by atoms with E-state index in [1.807, 2.05) is 25.7 Å². The van der Waals surface area contributed by atoms with Gasteiger partial charge in [0.1, 0.15) is 5.60 Å². The molecule has 2 N–H and O–H groups in total. The third-order valence-corrected chi connectivity index (χ3v) is 4.89. The van der Waals surface area contributed by atoms with Gasteiger partial charge in [-0.2, -0.15) is 0 Å². The zero-order chi connectivity index (χ0) is 17.9. The molecule has 1 saturated heterocycles. The Bertz CT molecular complexity index is 577. The zero-order valence-corrected chi connectivity index (χ0v) is 15.8. The van der Waals surface area contributed by atoms with Gasteiger partial charge in [-0.05, 0) is 76.6 Å². The number of hydrogen-bond donors (Lipinski definition) is 1. The van der Waals surface area contributed by atoms with Gasteiger partial charge in [-0.25, -0.2) is 4.79 Å². The van der Waals surface area contributed by atoms with Gasteiger partial charge in [0.2, 0.25) is 0 Å². The van der Waals surface area contributed by atoms with Crippen molar-refractivity contribution in [1.29, 1.82) is 0 Å². The molecule has 2 atom stereocenters. The van der Waals surface area contributed by atoms with Crippen LogP contribution in [-0.2, 0) is 4.74 Å². The highest BCUT2D eigenvalue weighted by Gasteiger charge is 2.31. The van der Waals surface area contributed by atoms with E-state index in [4.69, 9.17) is 10.5 Å². The smallest absolute Gasteiger partial charge is 0.410 e. The van der Waals surface area contributed by atoms with Crippen LogP contribution < -0.4 is 5.73 Å². The lowest BCUT2D eigenvalue weighted by Crippen LogP contribution is -2.45. The first kappa shape index (κ1) is 18.8. The van der Waals surface area contributed by atoms with E-state index in [0.717, 1.165) is 25.9 Å². The molecule has 2 rings (SSSR count). The third kappa shape index (κ3) is 4.73.